The Kier molecular flexibility index (Phi) is 1.73. The Morgan fingerprint density at radius 2 is 2.42 bits per heavy atom. The van der Waals surface area contributed by atoms with E-state index in [2.05, 4.69) is 16.0 Å². The van der Waals surface area contributed by atoms with Gasteiger partial charge in [-0.3, -0.25) is 0 Å². The fourth-order valence-electron chi connectivity index (χ4n) is 1.21. The van der Waals surface area contributed by atoms with E-state index >= 15 is 0 Å². The van der Waals surface area contributed by atoms with Gasteiger partial charge in [-0.05, 0) is 11.6 Å². The van der Waals surface area contributed by atoms with Gasteiger partial charge in [0.2, 0.25) is 5.28 Å². The van der Waals surface area contributed by atoms with Gasteiger partial charge < -0.3 is 4.90 Å². The lowest BCUT2D eigenvalue weighted by Gasteiger charge is -2.21. The summed E-state index contributed by atoms with van der Waals surface area (Å²) in [5, 5.41) is 0.302. The highest BCUT2D eigenvalue weighted by Gasteiger charge is 2.11. The summed E-state index contributed by atoms with van der Waals surface area (Å²) < 4.78 is 0. The topological polar surface area (TPSA) is 29.0 Å². The quantitative estimate of drug-likeness (QED) is 0.570. The van der Waals surface area contributed by atoms with Crippen molar-refractivity contribution in [3.05, 3.63) is 23.1 Å². The molecule has 0 amide bonds. The maximum absolute atomic E-state index is 5.67. The second-order valence-corrected chi connectivity index (χ2v) is 3.04. The molecule has 0 spiro atoms. The van der Waals surface area contributed by atoms with Crippen LogP contribution in [0.4, 0.5) is 5.82 Å². The van der Waals surface area contributed by atoms with E-state index in [9.17, 15) is 0 Å². The largest absolute Gasteiger partial charge is 0.355 e. The van der Waals surface area contributed by atoms with Gasteiger partial charge >= 0.3 is 0 Å². The van der Waals surface area contributed by atoms with Crippen LogP contribution < -0.4 is 4.90 Å². The van der Waals surface area contributed by atoms with Crippen LogP contribution in [0.25, 0.3) is 6.08 Å². The minimum atomic E-state index is 0.302. The third-order valence-corrected chi connectivity index (χ3v) is 1.99. The van der Waals surface area contributed by atoms with E-state index in [1.807, 2.05) is 18.0 Å². The first-order valence-corrected chi connectivity index (χ1v) is 4.05. The Hall–Kier alpha value is -1.09. The van der Waals surface area contributed by atoms with Crippen molar-refractivity contribution in [2.24, 2.45) is 0 Å². The van der Waals surface area contributed by atoms with Gasteiger partial charge in [0.25, 0.3) is 0 Å². The van der Waals surface area contributed by atoms with Gasteiger partial charge in [0.05, 0.1) is 0 Å². The monoisotopic (exact) mass is 181 g/mol. The second kappa shape index (κ2) is 2.75. The van der Waals surface area contributed by atoms with Crippen molar-refractivity contribution in [3.8, 4) is 0 Å². The first-order valence-electron chi connectivity index (χ1n) is 3.67. The number of hydrogen-bond donors (Lipinski definition) is 0. The lowest BCUT2D eigenvalue weighted by molar-refractivity contribution is 0.960. The van der Waals surface area contributed by atoms with Gasteiger partial charge in [0, 0.05) is 25.4 Å². The molecule has 0 atom stereocenters. The summed E-state index contributed by atoms with van der Waals surface area (Å²) >= 11 is 5.67. The molecule has 1 aliphatic heterocycles. The minimum Gasteiger partial charge on any atom is -0.355 e. The van der Waals surface area contributed by atoms with Crippen LogP contribution in [-0.2, 0) is 0 Å². The molecular weight excluding hydrogens is 174 g/mol. The number of nitrogens with zero attached hydrogens (tertiary/aromatic N) is 3. The molecule has 0 saturated carbocycles. The summed E-state index contributed by atoms with van der Waals surface area (Å²) in [6, 6.07) is 0. The van der Waals surface area contributed by atoms with Crippen molar-refractivity contribution in [2.75, 3.05) is 18.5 Å². The molecule has 1 aliphatic rings. The third-order valence-electron chi connectivity index (χ3n) is 1.80. The summed E-state index contributed by atoms with van der Waals surface area (Å²) in [7, 11) is 1.98. The summed E-state index contributed by atoms with van der Waals surface area (Å²) in [5.41, 5.74) is 1.02. The molecule has 0 aromatic carbocycles. The maximum Gasteiger partial charge on any atom is 0.224 e. The highest BCUT2D eigenvalue weighted by molar-refractivity contribution is 6.28. The Morgan fingerprint density at radius 3 is 3.25 bits per heavy atom. The van der Waals surface area contributed by atoms with Crippen molar-refractivity contribution >= 4 is 23.5 Å². The molecule has 0 radical (unpaired) electrons. The third kappa shape index (κ3) is 1.16. The van der Waals surface area contributed by atoms with Crippen molar-refractivity contribution in [3.63, 3.8) is 0 Å². The Balaban J connectivity index is 2.56. The number of aromatic nitrogens is 2. The molecule has 2 rings (SSSR count). The van der Waals surface area contributed by atoms with Gasteiger partial charge in [0.15, 0.2) is 0 Å². The van der Waals surface area contributed by atoms with E-state index in [4.69, 9.17) is 11.6 Å². The Bertz CT molecular complexity index is 335. The maximum atomic E-state index is 5.67. The number of anilines is 1. The number of likely N-dealkylation sites (N-methyl/N-ethyl adjacent to an activating group) is 1. The summed E-state index contributed by atoms with van der Waals surface area (Å²) in [6.07, 6.45) is 5.81. The molecule has 0 N–H and O–H groups in total. The molecule has 0 saturated heterocycles. The van der Waals surface area contributed by atoms with Crippen LogP contribution in [0.2, 0.25) is 5.28 Å². The number of fused-ring (bicyclic) bond motifs is 1. The van der Waals surface area contributed by atoms with E-state index in [0.29, 0.717) is 5.28 Å². The van der Waals surface area contributed by atoms with Gasteiger partial charge in [-0.2, -0.15) is 4.98 Å². The summed E-state index contributed by atoms with van der Waals surface area (Å²) in [5.74, 6) is 0.900. The van der Waals surface area contributed by atoms with E-state index in [-0.39, 0.29) is 0 Å². The fraction of sp³-hybridized carbons (Fsp3) is 0.250. The number of halogens is 1. The van der Waals surface area contributed by atoms with Crippen molar-refractivity contribution in [1.29, 1.82) is 0 Å². The predicted molar refractivity (Wildman–Crippen MR) is 49.3 cm³/mol. The van der Waals surface area contributed by atoms with E-state index in [0.717, 1.165) is 17.9 Å². The first-order chi connectivity index (χ1) is 5.77. The average Bonchev–Trinajstić information content (AvgIpc) is 2.07. The van der Waals surface area contributed by atoms with Crippen LogP contribution in [0.1, 0.15) is 5.56 Å². The number of hydrogen-bond acceptors (Lipinski definition) is 3. The molecule has 12 heavy (non-hydrogen) atoms. The normalized spacial score (nSPS) is 14.7. The van der Waals surface area contributed by atoms with Crippen LogP contribution in [0, 0.1) is 0 Å². The standard InChI is InChI=1S/C8H8ClN3/c1-12-4-2-3-6-5-10-8(9)11-7(6)12/h2-3,5H,4H2,1H3. The zero-order valence-electron chi connectivity index (χ0n) is 6.66. The molecule has 4 heteroatoms. The molecular formula is C8H8ClN3. The van der Waals surface area contributed by atoms with Crippen molar-refractivity contribution in [1.82, 2.24) is 9.97 Å². The molecule has 1 aromatic rings. The van der Waals surface area contributed by atoms with Gasteiger partial charge in [-0.25, -0.2) is 4.98 Å². The van der Waals surface area contributed by atoms with E-state index < -0.39 is 0 Å². The zero-order valence-corrected chi connectivity index (χ0v) is 7.41. The molecule has 0 bridgehead atoms. The smallest absolute Gasteiger partial charge is 0.224 e. The fourth-order valence-corrected chi connectivity index (χ4v) is 1.34. The van der Waals surface area contributed by atoms with Crippen LogP contribution in [0.5, 0.6) is 0 Å². The highest BCUT2D eigenvalue weighted by Crippen LogP contribution is 2.22. The molecule has 0 unspecified atom stereocenters. The van der Waals surface area contributed by atoms with E-state index in [1.165, 1.54) is 0 Å². The van der Waals surface area contributed by atoms with Crippen molar-refractivity contribution in [2.45, 2.75) is 0 Å². The molecule has 0 fully saturated rings. The van der Waals surface area contributed by atoms with Crippen LogP contribution in [0.15, 0.2) is 12.3 Å². The molecule has 1 aromatic heterocycles. The summed E-state index contributed by atoms with van der Waals surface area (Å²) in [6.45, 7) is 0.875. The lowest BCUT2D eigenvalue weighted by atomic mass is 10.2. The van der Waals surface area contributed by atoms with Gasteiger partial charge in [-0.15, -0.1) is 0 Å². The minimum absolute atomic E-state index is 0.302. The number of rotatable bonds is 0. The molecule has 0 aliphatic carbocycles. The zero-order chi connectivity index (χ0) is 8.55. The average molecular weight is 182 g/mol. The van der Waals surface area contributed by atoms with Crippen LogP contribution >= 0.6 is 11.6 Å². The summed E-state index contributed by atoms with van der Waals surface area (Å²) in [4.78, 5) is 10.1. The molecule has 62 valence electrons. The lowest BCUT2D eigenvalue weighted by Crippen LogP contribution is -2.21. The molecule has 2 heterocycles. The Morgan fingerprint density at radius 1 is 1.58 bits per heavy atom. The van der Waals surface area contributed by atoms with Gasteiger partial charge in [0.1, 0.15) is 5.82 Å². The predicted octanol–water partition coefficient (Wildman–Crippen LogP) is 1.59. The van der Waals surface area contributed by atoms with Gasteiger partial charge in [-0.1, -0.05) is 12.2 Å². The molecule has 3 nitrogen and oxygen atoms in total. The van der Waals surface area contributed by atoms with Crippen LogP contribution in [-0.4, -0.2) is 23.6 Å². The highest BCUT2D eigenvalue weighted by atomic mass is 35.5. The van der Waals surface area contributed by atoms with Crippen LogP contribution in [0.3, 0.4) is 0 Å². The second-order valence-electron chi connectivity index (χ2n) is 2.70. The van der Waals surface area contributed by atoms with E-state index in [1.54, 1.807) is 6.20 Å². The SMILES string of the molecule is CN1CC=Cc2cnc(Cl)nc21. The van der Waals surface area contributed by atoms with Crippen molar-refractivity contribution < 1.29 is 0 Å². The first kappa shape index (κ1) is 7.55. The Labute approximate surface area is 75.7 Å².